The predicted molar refractivity (Wildman–Crippen MR) is 86.9 cm³/mol. The smallest absolute Gasteiger partial charge is 0.266 e. The Morgan fingerprint density at radius 2 is 1.62 bits per heavy atom. The number of hydrogen-bond donors (Lipinski definition) is 0. The van der Waals surface area contributed by atoms with Gasteiger partial charge < -0.3 is 0 Å². The molecule has 120 valence electrons. The second-order valence-electron chi connectivity index (χ2n) is 6.06. The average Bonchev–Trinajstić information content (AvgIpc) is 2.47. The van der Waals surface area contributed by atoms with E-state index in [0.29, 0.717) is 5.41 Å². The Morgan fingerprint density at radius 1 is 1.05 bits per heavy atom. The quantitative estimate of drug-likeness (QED) is 0.490. The largest absolute Gasteiger partial charge is 0.296 e. The first-order chi connectivity index (χ1) is 9.83. The van der Waals surface area contributed by atoms with Gasteiger partial charge in [-0.2, -0.15) is 8.42 Å². The molecular weight excluding hydrogens is 284 g/mol. The summed E-state index contributed by atoms with van der Waals surface area (Å²) in [6.45, 7) is 8.90. The van der Waals surface area contributed by atoms with Gasteiger partial charge in [-0.05, 0) is 37.3 Å². The van der Waals surface area contributed by atoms with Crippen LogP contribution in [0.1, 0.15) is 58.4 Å². The van der Waals surface area contributed by atoms with Crippen LogP contribution in [-0.4, -0.2) is 15.0 Å². The normalized spacial score (nSPS) is 12.6. The van der Waals surface area contributed by atoms with E-state index in [-0.39, 0.29) is 11.5 Å². The molecule has 0 aliphatic heterocycles. The van der Waals surface area contributed by atoms with Crippen LogP contribution in [0, 0.1) is 12.3 Å². The fourth-order valence-corrected chi connectivity index (χ4v) is 3.14. The van der Waals surface area contributed by atoms with E-state index in [2.05, 4.69) is 20.8 Å². The Kier molecular flexibility index (Phi) is 6.88. The zero-order chi connectivity index (χ0) is 15.9. The Balaban J connectivity index is 2.40. The zero-order valence-electron chi connectivity index (χ0n) is 13.7. The van der Waals surface area contributed by atoms with Gasteiger partial charge in [-0.25, -0.2) is 0 Å². The summed E-state index contributed by atoms with van der Waals surface area (Å²) in [5, 5.41) is 0. The topological polar surface area (TPSA) is 43.4 Å². The van der Waals surface area contributed by atoms with Gasteiger partial charge in [0.05, 0.1) is 11.5 Å². The number of aryl methyl sites for hydroxylation is 1. The first kappa shape index (κ1) is 18.2. The van der Waals surface area contributed by atoms with Gasteiger partial charge in [0.25, 0.3) is 10.1 Å². The molecule has 0 aliphatic rings. The van der Waals surface area contributed by atoms with Crippen molar-refractivity contribution in [3.8, 4) is 0 Å². The summed E-state index contributed by atoms with van der Waals surface area (Å²) in [6.07, 6.45) is 5.22. The molecule has 0 amide bonds. The molecule has 1 aromatic rings. The fraction of sp³-hybridized carbons (Fsp3) is 0.647. The maximum atomic E-state index is 12.0. The maximum Gasteiger partial charge on any atom is 0.296 e. The van der Waals surface area contributed by atoms with Crippen molar-refractivity contribution in [3.05, 3.63) is 29.8 Å². The van der Waals surface area contributed by atoms with Crippen molar-refractivity contribution in [3.63, 3.8) is 0 Å². The summed E-state index contributed by atoms with van der Waals surface area (Å²) in [7, 11) is -3.60. The minimum Gasteiger partial charge on any atom is -0.266 e. The number of rotatable bonds is 9. The van der Waals surface area contributed by atoms with Crippen molar-refractivity contribution in [2.24, 2.45) is 5.41 Å². The van der Waals surface area contributed by atoms with Crippen molar-refractivity contribution >= 4 is 10.1 Å². The Labute approximate surface area is 129 Å². The lowest BCUT2D eigenvalue weighted by molar-refractivity contribution is 0.245. The van der Waals surface area contributed by atoms with Crippen LogP contribution in [0.3, 0.4) is 0 Å². The molecule has 0 N–H and O–H groups in total. The van der Waals surface area contributed by atoms with E-state index in [4.69, 9.17) is 4.18 Å². The molecule has 0 aromatic heterocycles. The van der Waals surface area contributed by atoms with Gasteiger partial charge in [0.1, 0.15) is 0 Å². The molecule has 0 radical (unpaired) electrons. The summed E-state index contributed by atoms with van der Waals surface area (Å²) in [6, 6.07) is 6.75. The predicted octanol–water partition coefficient (Wildman–Crippen LogP) is 4.70. The molecule has 4 heteroatoms. The van der Waals surface area contributed by atoms with Gasteiger partial charge >= 0.3 is 0 Å². The number of unbranched alkanes of at least 4 members (excludes halogenated alkanes) is 1. The fourth-order valence-electron chi connectivity index (χ4n) is 2.20. The summed E-state index contributed by atoms with van der Waals surface area (Å²) < 4.78 is 29.1. The van der Waals surface area contributed by atoms with Gasteiger partial charge in [0, 0.05) is 0 Å². The Hall–Kier alpha value is -0.870. The van der Waals surface area contributed by atoms with E-state index >= 15 is 0 Å². The zero-order valence-corrected chi connectivity index (χ0v) is 14.5. The molecule has 0 fully saturated rings. The Morgan fingerprint density at radius 3 is 2.14 bits per heavy atom. The molecular formula is C17H28O3S. The minimum atomic E-state index is -3.60. The molecule has 0 heterocycles. The second-order valence-corrected chi connectivity index (χ2v) is 7.68. The molecule has 21 heavy (non-hydrogen) atoms. The standard InChI is InChI=1S/C17H28O3S/c1-5-17(4,6-2)13-7-8-14-20-21(18,19)16-11-9-15(3)10-12-16/h9-12H,5-8,13-14H2,1-4H3. The highest BCUT2D eigenvalue weighted by atomic mass is 32.2. The molecule has 0 saturated heterocycles. The lowest BCUT2D eigenvalue weighted by Crippen LogP contribution is -2.14. The van der Waals surface area contributed by atoms with E-state index in [1.54, 1.807) is 24.3 Å². The number of hydrogen-bond acceptors (Lipinski definition) is 3. The molecule has 3 nitrogen and oxygen atoms in total. The van der Waals surface area contributed by atoms with Gasteiger partial charge in [-0.1, -0.05) is 57.7 Å². The van der Waals surface area contributed by atoms with Crippen LogP contribution < -0.4 is 0 Å². The molecule has 0 aliphatic carbocycles. The van der Waals surface area contributed by atoms with Crippen LogP contribution in [0.15, 0.2) is 29.2 Å². The van der Waals surface area contributed by atoms with Crippen LogP contribution in [0.5, 0.6) is 0 Å². The van der Waals surface area contributed by atoms with Gasteiger partial charge in [0.15, 0.2) is 0 Å². The molecule has 0 unspecified atom stereocenters. The van der Waals surface area contributed by atoms with Crippen LogP contribution in [0.4, 0.5) is 0 Å². The van der Waals surface area contributed by atoms with E-state index < -0.39 is 10.1 Å². The van der Waals surface area contributed by atoms with E-state index in [0.717, 1.165) is 37.7 Å². The van der Waals surface area contributed by atoms with E-state index in [1.165, 1.54) is 0 Å². The average molecular weight is 312 g/mol. The molecule has 1 rings (SSSR count). The third kappa shape index (κ3) is 5.79. The minimum absolute atomic E-state index is 0.236. The molecule has 0 atom stereocenters. The molecule has 0 spiro atoms. The van der Waals surface area contributed by atoms with Crippen LogP contribution in [-0.2, 0) is 14.3 Å². The van der Waals surface area contributed by atoms with Crippen molar-refractivity contribution in [2.75, 3.05) is 6.61 Å². The van der Waals surface area contributed by atoms with Crippen LogP contribution >= 0.6 is 0 Å². The van der Waals surface area contributed by atoms with Crippen LogP contribution in [0.25, 0.3) is 0 Å². The summed E-state index contributed by atoms with van der Waals surface area (Å²) in [5.41, 5.74) is 1.41. The molecule has 1 aromatic carbocycles. The summed E-state index contributed by atoms with van der Waals surface area (Å²) in [5.74, 6) is 0. The number of benzene rings is 1. The molecule has 0 saturated carbocycles. The van der Waals surface area contributed by atoms with Gasteiger partial charge in [-0.3, -0.25) is 4.18 Å². The summed E-state index contributed by atoms with van der Waals surface area (Å²) in [4.78, 5) is 0.236. The second kappa shape index (κ2) is 7.95. The van der Waals surface area contributed by atoms with Crippen molar-refractivity contribution in [1.82, 2.24) is 0 Å². The lowest BCUT2D eigenvalue weighted by atomic mass is 9.80. The lowest BCUT2D eigenvalue weighted by Gasteiger charge is -2.26. The summed E-state index contributed by atoms with van der Waals surface area (Å²) >= 11 is 0. The highest BCUT2D eigenvalue weighted by molar-refractivity contribution is 7.86. The molecule has 0 bridgehead atoms. The third-order valence-corrected chi connectivity index (χ3v) is 5.76. The van der Waals surface area contributed by atoms with Crippen molar-refractivity contribution in [2.45, 2.75) is 64.7 Å². The SMILES string of the molecule is CCC(C)(CC)CCCCOS(=O)(=O)c1ccc(C)cc1. The first-order valence-corrected chi connectivity index (χ1v) is 9.20. The first-order valence-electron chi connectivity index (χ1n) is 7.79. The Bertz CT molecular complexity index is 513. The van der Waals surface area contributed by atoms with Gasteiger partial charge in [-0.15, -0.1) is 0 Å². The maximum absolute atomic E-state index is 12.0. The van der Waals surface area contributed by atoms with E-state index in [1.807, 2.05) is 6.92 Å². The van der Waals surface area contributed by atoms with Crippen molar-refractivity contribution < 1.29 is 12.6 Å². The van der Waals surface area contributed by atoms with Crippen LogP contribution in [0.2, 0.25) is 0 Å². The third-order valence-electron chi connectivity index (χ3n) is 4.43. The van der Waals surface area contributed by atoms with E-state index in [9.17, 15) is 8.42 Å². The van der Waals surface area contributed by atoms with Gasteiger partial charge in [0.2, 0.25) is 0 Å². The highest BCUT2D eigenvalue weighted by Gasteiger charge is 2.19. The van der Waals surface area contributed by atoms with Crippen molar-refractivity contribution in [1.29, 1.82) is 0 Å². The monoisotopic (exact) mass is 312 g/mol. The highest BCUT2D eigenvalue weighted by Crippen LogP contribution is 2.31.